The zero-order valence-corrected chi connectivity index (χ0v) is 12.5. The van der Waals surface area contributed by atoms with Crippen molar-refractivity contribution in [1.82, 2.24) is 10.6 Å². The minimum Gasteiger partial charge on any atom is -0.427 e. The van der Waals surface area contributed by atoms with Gasteiger partial charge in [-0.05, 0) is 23.8 Å². The predicted molar refractivity (Wildman–Crippen MR) is 82.8 cm³/mol. The first kappa shape index (κ1) is 17.2. The van der Waals surface area contributed by atoms with Gasteiger partial charge in [0.25, 0.3) is 5.91 Å². The Bertz CT molecular complexity index is 603. The Morgan fingerprint density at radius 2 is 1.82 bits per heavy atom. The Labute approximate surface area is 128 Å². The van der Waals surface area contributed by atoms with Gasteiger partial charge in [0.2, 0.25) is 5.91 Å². The van der Waals surface area contributed by atoms with E-state index in [1.165, 1.54) is 26.0 Å². The maximum absolute atomic E-state index is 11.9. The Hall–Kier alpha value is -2.89. The molecule has 1 aromatic rings. The number of benzene rings is 1. The van der Waals surface area contributed by atoms with E-state index in [4.69, 9.17) is 4.74 Å². The second kappa shape index (κ2) is 8.41. The molecule has 0 saturated carbocycles. The van der Waals surface area contributed by atoms with Gasteiger partial charge in [0.1, 0.15) is 11.4 Å². The topological polar surface area (TPSA) is 84.5 Å². The van der Waals surface area contributed by atoms with E-state index in [1.54, 1.807) is 24.3 Å². The van der Waals surface area contributed by atoms with E-state index < -0.39 is 11.9 Å². The monoisotopic (exact) mass is 302 g/mol. The summed E-state index contributed by atoms with van der Waals surface area (Å²) in [5, 5.41) is 5.06. The highest BCUT2D eigenvalue weighted by Crippen LogP contribution is 2.14. The molecule has 0 saturated heterocycles. The first-order valence-corrected chi connectivity index (χ1v) is 6.59. The van der Waals surface area contributed by atoms with Gasteiger partial charge in [0, 0.05) is 20.4 Å². The van der Waals surface area contributed by atoms with Gasteiger partial charge in [-0.2, -0.15) is 0 Å². The first-order chi connectivity index (χ1) is 10.4. The molecule has 2 amide bonds. The van der Waals surface area contributed by atoms with Crippen LogP contribution in [0.15, 0.2) is 42.6 Å². The molecule has 0 radical (unpaired) electrons. The maximum atomic E-state index is 11.9. The lowest BCUT2D eigenvalue weighted by molar-refractivity contribution is -0.131. The summed E-state index contributed by atoms with van der Waals surface area (Å²) >= 11 is 0. The highest BCUT2D eigenvalue weighted by molar-refractivity contribution is 6.00. The van der Waals surface area contributed by atoms with E-state index in [0.717, 1.165) is 0 Å². The molecule has 0 spiro atoms. The Kier molecular flexibility index (Phi) is 6.56. The van der Waals surface area contributed by atoms with E-state index in [2.05, 4.69) is 17.2 Å². The fourth-order valence-corrected chi connectivity index (χ4v) is 1.57. The van der Waals surface area contributed by atoms with Crippen LogP contribution in [0.4, 0.5) is 0 Å². The maximum Gasteiger partial charge on any atom is 0.308 e. The SMILES string of the molecule is C=CCNC(=O)C(=Cc1ccc(OC(C)=O)cc1)NC(C)=O. The largest absolute Gasteiger partial charge is 0.427 e. The van der Waals surface area contributed by atoms with Crippen molar-refractivity contribution in [2.24, 2.45) is 0 Å². The van der Waals surface area contributed by atoms with Crippen molar-refractivity contribution in [1.29, 1.82) is 0 Å². The lowest BCUT2D eigenvalue weighted by atomic mass is 10.1. The van der Waals surface area contributed by atoms with Crippen molar-refractivity contribution in [2.45, 2.75) is 13.8 Å². The van der Waals surface area contributed by atoms with Crippen molar-refractivity contribution in [3.05, 3.63) is 48.2 Å². The molecule has 2 N–H and O–H groups in total. The third kappa shape index (κ3) is 6.04. The van der Waals surface area contributed by atoms with Crippen LogP contribution in [0, 0.1) is 0 Å². The Balaban J connectivity index is 2.94. The number of esters is 1. The molecular weight excluding hydrogens is 284 g/mol. The smallest absolute Gasteiger partial charge is 0.308 e. The van der Waals surface area contributed by atoms with Crippen molar-refractivity contribution < 1.29 is 19.1 Å². The third-order valence-corrected chi connectivity index (χ3v) is 2.41. The second-order valence-electron chi connectivity index (χ2n) is 4.40. The summed E-state index contributed by atoms with van der Waals surface area (Å²) in [5.41, 5.74) is 0.794. The molecular formula is C16H18N2O4. The van der Waals surface area contributed by atoms with Crippen LogP contribution in [0.25, 0.3) is 6.08 Å². The summed E-state index contributed by atoms with van der Waals surface area (Å²) in [6, 6.07) is 6.53. The summed E-state index contributed by atoms with van der Waals surface area (Å²) in [4.78, 5) is 34.0. The third-order valence-electron chi connectivity index (χ3n) is 2.41. The molecule has 0 atom stereocenters. The fraction of sp³-hybridized carbons (Fsp3) is 0.188. The van der Waals surface area contributed by atoms with Gasteiger partial charge >= 0.3 is 5.97 Å². The highest BCUT2D eigenvalue weighted by Gasteiger charge is 2.10. The molecule has 0 aliphatic carbocycles. The number of hydrogen-bond acceptors (Lipinski definition) is 4. The number of amides is 2. The van der Waals surface area contributed by atoms with Gasteiger partial charge in [-0.25, -0.2) is 0 Å². The van der Waals surface area contributed by atoms with Crippen LogP contribution in [0.5, 0.6) is 5.75 Å². The highest BCUT2D eigenvalue weighted by atomic mass is 16.5. The average molecular weight is 302 g/mol. The number of carbonyl (C=O) groups excluding carboxylic acids is 3. The standard InChI is InChI=1S/C16H18N2O4/c1-4-9-17-16(21)15(18-11(2)19)10-13-5-7-14(8-6-13)22-12(3)20/h4-8,10H,1,9H2,2-3H3,(H,17,21)(H,18,19). The predicted octanol–water partition coefficient (Wildman–Crippen LogP) is 1.39. The lowest BCUT2D eigenvalue weighted by Crippen LogP contribution is -2.33. The quantitative estimate of drug-likeness (QED) is 0.360. The first-order valence-electron chi connectivity index (χ1n) is 6.59. The van der Waals surface area contributed by atoms with E-state index in [1.807, 2.05) is 0 Å². The number of nitrogens with one attached hydrogen (secondary N) is 2. The molecule has 1 rings (SSSR count). The summed E-state index contributed by atoms with van der Waals surface area (Å²) in [5.74, 6) is -0.774. The van der Waals surface area contributed by atoms with Gasteiger partial charge < -0.3 is 15.4 Å². The molecule has 6 heteroatoms. The summed E-state index contributed by atoms with van der Waals surface area (Å²) in [6.45, 7) is 6.43. The van der Waals surface area contributed by atoms with Crippen molar-refractivity contribution >= 4 is 23.9 Å². The molecule has 1 aromatic carbocycles. The van der Waals surface area contributed by atoms with Crippen LogP contribution in [0.2, 0.25) is 0 Å². The lowest BCUT2D eigenvalue weighted by Gasteiger charge is -2.08. The van der Waals surface area contributed by atoms with Gasteiger partial charge in [-0.15, -0.1) is 6.58 Å². The minimum absolute atomic E-state index is 0.120. The van der Waals surface area contributed by atoms with Crippen LogP contribution in [0.1, 0.15) is 19.4 Å². The van der Waals surface area contributed by atoms with E-state index in [9.17, 15) is 14.4 Å². The van der Waals surface area contributed by atoms with Crippen LogP contribution in [-0.4, -0.2) is 24.3 Å². The van der Waals surface area contributed by atoms with Crippen molar-refractivity contribution in [2.75, 3.05) is 6.54 Å². The number of carbonyl (C=O) groups is 3. The molecule has 6 nitrogen and oxygen atoms in total. The molecule has 0 heterocycles. The Morgan fingerprint density at radius 1 is 1.18 bits per heavy atom. The normalized spacial score (nSPS) is 10.5. The zero-order valence-electron chi connectivity index (χ0n) is 12.5. The van der Waals surface area contributed by atoms with Crippen molar-refractivity contribution in [3.63, 3.8) is 0 Å². The fourth-order valence-electron chi connectivity index (χ4n) is 1.57. The van der Waals surface area contributed by atoms with Crippen LogP contribution in [-0.2, 0) is 14.4 Å². The molecule has 0 fully saturated rings. The zero-order chi connectivity index (χ0) is 16.5. The number of hydrogen-bond donors (Lipinski definition) is 2. The van der Waals surface area contributed by atoms with Gasteiger partial charge in [-0.3, -0.25) is 14.4 Å². The molecule has 0 aliphatic rings. The minimum atomic E-state index is -0.417. The average Bonchev–Trinajstić information content (AvgIpc) is 2.45. The van der Waals surface area contributed by atoms with Gasteiger partial charge in [-0.1, -0.05) is 18.2 Å². The molecule has 0 aliphatic heterocycles. The molecule has 22 heavy (non-hydrogen) atoms. The van der Waals surface area contributed by atoms with Crippen LogP contribution >= 0.6 is 0 Å². The van der Waals surface area contributed by atoms with E-state index >= 15 is 0 Å². The summed E-state index contributed by atoms with van der Waals surface area (Å²) in [6.07, 6.45) is 3.06. The number of ether oxygens (including phenoxy) is 1. The Morgan fingerprint density at radius 3 is 2.32 bits per heavy atom. The second-order valence-corrected chi connectivity index (χ2v) is 4.40. The molecule has 0 bridgehead atoms. The van der Waals surface area contributed by atoms with Gasteiger partial charge in [0.15, 0.2) is 0 Å². The van der Waals surface area contributed by atoms with Crippen molar-refractivity contribution in [3.8, 4) is 5.75 Å². The van der Waals surface area contributed by atoms with E-state index in [-0.39, 0.29) is 11.6 Å². The molecule has 0 unspecified atom stereocenters. The molecule has 0 aromatic heterocycles. The van der Waals surface area contributed by atoms with Crippen LogP contribution < -0.4 is 15.4 Å². The van der Waals surface area contributed by atoms with E-state index in [0.29, 0.717) is 17.9 Å². The summed E-state index contributed by atoms with van der Waals surface area (Å²) < 4.78 is 4.92. The van der Waals surface area contributed by atoms with Crippen LogP contribution in [0.3, 0.4) is 0 Å². The van der Waals surface area contributed by atoms with Gasteiger partial charge in [0.05, 0.1) is 0 Å². The number of rotatable bonds is 6. The molecule has 116 valence electrons. The summed E-state index contributed by atoms with van der Waals surface area (Å²) in [7, 11) is 0.